The Kier molecular flexibility index (Phi) is 2.45. The van der Waals surface area contributed by atoms with Crippen LogP contribution in [0.4, 0.5) is 0 Å². The molecule has 0 amide bonds. The molecule has 76 valence electrons. The molecule has 0 fully saturated rings. The number of pyridine rings is 1. The van der Waals surface area contributed by atoms with Gasteiger partial charge in [-0.15, -0.1) is 0 Å². The van der Waals surface area contributed by atoms with E-state index in [0.717, 1.165) is 10.8 Å². The molecule has 0 aliphatic rings. The van der Waals surface area contributed by atoms with Gasteiger partial charge in [0.1, 0.15) is 0 Å². The monoisotopic (exact) mass is 203 g/mol. The zero-order valence-electron chi connectivity index (χ0n) is 8.12. The summed E-state index contributed by atoms with van der Waals surface area (Å²) >= 11 is 0. The molecule has 5 heteroatoms. The highest BCUT2D eigenvalue weighted by atomic mass is 16.7. The van der Waals surface area contributed by atoms with Gasteiger partial charge in [0, 0.05) is 17.6 Å². The van der Waals surface area contributed by atoms with Crippen LogP contribution in [0.25, 0.3) is 10.8 Å². The summed E-state index contributed by atoms with van der Waals surface area (Å²) in [5.41, 5.74) is 0. The lowest BCUT2D eigenvalue weighted by atomic mass is 10.2. The van der Waals surface area contributed by atoms with Gasteiger partial charge in [-0.2, -0.15) is 0 Å². The zero-order chi connectivity index (χ0) is 10.7. The maximum absolute atomic E-state index is 10.5. The number of nitrogens with zero attached hydrogens (tertiary/aromatic N) is 3. The molecule has 5 nitrogen and oxygen atoms in total. The average molecular weight is 203 g/mol. The Hall–Kier alpha value is -2.17. The largest absolute Gasteiger partial charge is 0.598 e. The number of rotatable bonds is 2. The van der Waals surface area contributed by atoms with Gasteiger partial charge < -0.3 is 5.21 Å². The van der Waals surface area contributed by atoms with E-state index in [4.69, 9.17) is 4.84 Å². The highest BCUT2D eigenvalue weighted by Crippen LogP contribution is 2.17. The van der Waals surface area contributed by atoms with Crippen molar-refractivity contribution in [3.8, 4) is 5.88 Å². The van der Waals surface area contributed by atoms with Crippen LogP contribution in [0.5, 0.6) is 5.88 Å². The fraction of sp³-hybridized carbons (Fsp3) is 0.100. The minimum Gasteiger partial charge on any atom is -0.598 e. The summed E-state index contributed by atoms with van der Waals surface area (Å²) in [6.07, 6.45) is 1.67. The van der Waals surface area contributed by atoms with E-state index >= 15 is 0 Å². The molecule has 2 rings (SSSR count). The molecular weight excluding hydrogens is 194 g/mol. The third-order valence-electron chi connectivity index (χ3n) is 1.86. The molecule has 0 saturated carbocycles. The van der Waals surface area contributed by atoms with Crippen molar-refractivity contribution in [1.82, 2.24) is 4.98 Å². The van der Waals surface area contributed by atoms with Gasteiger partial charge in [-0.05, 0) is 5.39 Å². The lowest BCUT2D eigenvalue weighted by Gasteiger charge is -1.98. The van der Waals surface area contributed by atoms with Gasteiger partial charge in [0.2, 0.25) is 5.28 Å². The first-order chi connectivity index (χ1) is 7.25. The molecular formula is C10H9N3O2. The fourth-order valence-electron chi connectivity index (χ4n) is 1.21. The molecule has 0 N–H and O–H groups in total. The Morgan fingerprint density at radius 2 is 2.07 bits per heavy atom. The molecule has 15 heavy (non-hydrogen) atoms. The van der Waals surface area contributed by atoms with Crippen LogP contribution in [-0.2, 0) is 0 Å². The van der Waals surface area contributed by atoms with Gasteiger partial charge in [-0.1, -0.05) is 29.1 Å². The summed E-state index contributed by atoms with van der Waals surface area (Å²) in [4.78, 5) is 9.13. The molecule has 0 atom stereocenters. The number of fused-ring (bicyclic) bond motifs is 1. The molecule has 0 unspecified atom stereocenters. The summed E-state index contributed by atoms with van der Waals surface area (Å²) < 4.78 is 0. The van der Waals surface area contributed by atoms with Crippen molar-refractivity contribution in [1.29, 1.82) is 0 Å². The molecule has 0 bridgehead atoms. The van der Waals surface area contributed by atoms with Crippen LogP contribution in [0.2, 0.25) is 0 Å². The van der Waals surface area contributed by atoms with Crippen LogP contribution in [0, 0.1) is 5.21 Å². The smallest absolute Gasteiger partial charge is 0.255 e. The summed E-state index contributed by atoms with van der Waals surface area (Å²) in [5, 5.41) is 15.7. The molecule has 2 aromatic rings. The maximum Gasteiger partial charge on any atom is 0.255 e. The topological polar surface area (TPSA) is 60.5 Å². The quantitative estimate of drug-likeness (QED) is 0.426. The van der Waals surface area contributed by atoms with Crippen LogP contribution in [0.1, 0.15) is 0 Å². The fourth-order valence-corrected chi connectivity index (χ4v) is 1.21. The minimum atomic E-state index is 0.302. The van der Waals surface area contributed by atoms with Gasteiger partial charge in [-0.3, -0.25) is 4.84 Å². The van der Waals surface area contributed by atoms with Crippen LogP contribution >= 0.6 is 0 Å². The molecule has 0 radical (unpaired) electrons. The van der Waals surface area contributed by atoms with Crippen LogP contribution in [0.15, 0.2) is 41.8 Å². The van der Waals surface area contributed by atoms with E-state index < -0.39 is 0 Å². The van der Waals surface area contributed by atoms with E-state index in [1.165, 1.54) is 7.05 Å². The summed E-state index contributed by atoms with van der Waals surface area (Å²) in [6, 6.07) is 9.46. The number of hydroxylamine groups is 1. The van der Waals surface area contributed by atoms with Crippen molar-refractivity contribution < 1.29 is 9.70 Å². The lowest BCUT2D eigenvalue weighted by molar-refractivity contribution is -0.522. The Morgan fingerprint density at radius 1 is 1.33 bits per heavy atom. The van der Waals surface area contributed by atoms with Crippen molar-refractivity contribution in [2.24, 2.45) is 5.28 Å². The number of benzene rings is 1. The van der Waals surface area contributed by atoms with Gasteiger partial charge in [0.15, 0.2) is 7.05 Å². The number of hydrogen-bond donors (Lipinski definition) is 0. The van der Waals surface area contributed by atoms with E-state index in [0.29, 0.717) is 10.7 Å². The van der Waals surface area contributed by atoms with E-state index in [9.17, 15) is 5.21 Å². The molecule has 0 aliphatic heterocycles. The Balaban J connectivity index is 2.34. The first-order valence-electron chi connectivity index (χ1n) is 4.39. The van der Waals surface area contributed by atoms with Gasteiger partial charge in [-0.25, -0.2) is 4.98 Å². The normalized spacial score (nSPS) is 11.7. The Bertz CT molecular complexity index is 507. The van der Waals surface area contributed by atoms with Crippen molar-refractivity contribution in [3.05, 3.63) is 41.7 Å². The van der Waals surface area contributed by atoms with Crippen LogP contribution in [-0.4, -0.2) is 16.9 Å². The second-order valence-electron chi connectivity index (χ2n) is 3.01. The van der Waals surface area contributed by atoms with Gasteiger partial charge >= 0.3 is 0 Å². The molecule has 0 aliphatic carbocycles. The maximum atomic E-state index is 10.5. The van der Waals surface area contributed by atoms with Gasteiger partial charge in [0.05, 0.1) is 0 Å². The standard InChI is InChI=1S/C10H9N3O2/c1-13(14)12-15-10-6-8-4-2-3-5-9(8)7-11-10/h2-7H,1H3. The third-order valence-corrected chi connectivity index (χ3v) is 1.86. The van der Waals surface area contributed by atoms with Crippen LogP contribution in [0.3, 0.4) is 0 Å². The highest BCUT2D eigenvalue weighted by molar-refractivity contribution is 5.82. The van der Waals surface area contributed by atoms with Crippen molar-refractivity contribution in [2.75, 3.05) is 7.05 Å². The summed E-state index contributed by atoms with van der Waals surface area (Å²) in [6.45, 7) is 0. The lowest BCUT2D eigenvalue weighted by Crippen LogP contribution is -1.95. The van der Waals surface area contributed by atoms with Crippen LogP contribution < -0.4 is 4.84 Å². The summed E-state index contributed by atoms with van der Waals surface area (Å²) in [7, 11) is 1.24. The molecule has 1 aromatic carbocycles. The first kappa shape index (κ1) is 9.39. The highest BCUT2D eigenvalue weighted by Gasteiger charge is 1.99. The van der Waals surface area contributed by atoms with E-state index in [1.807, 2.05) is 24.3 Å². The molecule has 1 aromatic heterocycles. The summed E-state index contributed by atoms with van der Waals surface area (Å²) in [5.74, 6) is 0.302. The van der Waals surface area contributed by atoms with Crippen molar-refractivity contribution >= 4 is 10.8 Å². The van der Waals surface area contributed by atoms with E-state index in [1.54, 1.807) is 12.3 Å². The zero-order valence-corrected chi connectivity index (χ0v) is 8.12. The predicted molar refractivity (Wildman–Crippen MR) is 54.4 cm³/mol. The van der Waals surface area contributed by atoms with Gasteiger partial charge in [0.25, 0.3) is 5.88 Å². The Morgan fingerprint density at radius 3 is 2.80 bits per heavy atom. The van der Waals surface area contributed by atoms with E-state index in [2.05, 4.69) is 10.3 Å². The van der Waals surface area contributed by atoms with E-state index in [-0.39, 0.29) is 0 Å². The number of aromatic nitrogens is 1. The third kappa shape index (κ3) is 2.19. The Labute approximate surface area is 86.2 Å². The SMILES string of the molecule is C[N+]([O-])=NOc1cc2ccccc2cn1. The molecule has 0 saturated heterocycles. The van der Waals surface area contributed by atoms with Crippen molar-refractivity contribution in [3.63, 3.8) is 0 Å². The number of hydrogen-bond acceptors (Lipinski definition) is 4. The predicted octanol–water partition coefficient (Wildman–Crippen LogP) is 2.12. The second kappa shape index (κ2) is 3.91. The molecule has 0 spiro atoms. The average Bonchev–Trinajstić information content (AvgIpc) is 2.26. The van der Waals surface area contributed by atoms with Crippen molar-refractivity contribution in [2.45, 2.75) is 0 Å². The first-order valence-corrected chi connectivity index (χ1v) is 4.39. The second-order valence-corrected chi connectivity index (χ2v) is 3.01. The minimum absolute atomic E-state index is 0.302. The molecule has 1 heterocycles.